The average Bonchev–Trinajstić information content (AvgIpc) is 2.73. The molecule has 5 nitrogen and oxygen atoms in total. The van der Waals surface area contributed by atoms with Crippen molar-refractivity contribution in [3.05, 3.63) is 18.2 Å². The Morgan fingerprint density at radius 1 is 1.29 bits per heavy atom. The maximum atomic E-state index is 12.0. The van der Waals surface area contributed by atoms with Gasteiger partial charge >= 0.3 is 0 Å². The molecule has 0 aliphatic carbocycles. The van der Waals surface area contributed by atoms with Gasteiger partial charge in [-0.05, 0) is 26.0 Å². The van der Waals surface area contributed by atoms with Gasteiger partial charge in [0.25, 0.3) is 0 Å². The second kappa shape index (κ2) is 4.54. The van der Waals surface area contributed by atoms with E-state index in [1.807, 2.05) is 13.8 Å². The summed E-state index contributed by atoms with van der Waals surface area (Å²) in [6.45, 7) is 3.94. The number of benzene rings is 1. The molecular formula is C11H15NO4S. The summed E-state index contributed by atoms with van der Waals surface area (Å²) in [5, 5.41) is 2.89. The third-order valence-corrected chi connectivity index (χ3v) is 3.90. The van der Waals surface area contributed by atoms with E-state index in [0.717, 1.165) is 0 Å². The minimum absolute atomic E-state index is 0.0791. The van der Waals surface area contributed by atoms with Crippen LogP contribution in [0.15, 0.2) is 23.1 Å². The Morgan fingerprint density at radius 2 is 2.00 bits per heavy atom. The summed E-state index contributed by atoms with van der Waals surface area (Å²) in [5.74, 6) is 0.987. The Morgan fingerprint density at radius 3 is 2.71 bits per heavy atom. The first-order valence-corrected chi connectivity index (χ1v) is 7.00. The average molecular weight is 257 g/mol. The highest BCUT2D eigenvalue weighted by Gasteiger charge is 2.20. The zero-order valence-electron chi connectivity index (χ0n) is 9.76. The fraction of sp³-hybridized carbons (Fsp3) is 0.455. The lowest BCUT2D eigenvalue weighted by Gasteiger charge is -2.09. The summed E-state index contributed by atoms with van der Waals surface area (Å²) in [6.07, 6.45) is 0. The van der Waals surface area contributed by atoms with Crippen molar-refractivity contribution in [2.75, 3.05) is 12.7 Å². The predicted octanol–water partition coefficient (Wildman–Crippen LogP) is 1.14. The van der Waals surface area contributed by atoms with Crippen molar-refractivity contribution in [3.8, 4) is 11.5 Å². The van der Waals surface area contributed by atoms with E-state index in [1.54, 1.807) is 6.07 Å². The van der Waals surface area contributed by atoms with E-state index >= 15 is 0 Å². The SMILES string of the molecule is CC(C)NCS(=O)(=O)c1ccc2c(c1)OCO2. The van der Waals surface area contributed by atoms with Crippen LogP contribution in [0.3, 0.4) is 0 Å². The van der Waals surface area contributed by atoms with Crippen molar-refractivity contribution < 1.29 is 17.9 Å². The number of hydrogen-bond donors (Lipinski definition) is 1. The lowest BCUT2D eigenvalue weighted by atomic mass is 10.3. The molecule has 0 saturated carbocycles. The van der Waals surface area contributed by atoms with Gasteiger partial charge in [-0.1, -0.05) is 0 Å². The molecule has 1 aromatic carbocycles. The van der Waals surface area contributed by atoms with Gasteiger partial charge in [-0.25, -0.2) is 8.42 Å². The van der Waals surface area contributed by atoms with E-state index in [0.29, 0.717) is 11.5 Å². The minimum Gasteiger partial charge on any atom is -0.454 e. The van der Waals surface area contributed by atoms with Crippen LogP contribution >= 0.6 is 0 Å². The molecule has 0 fully saturated rings. The molecule has 1 aliphatic heterocycles. The molecule has 1 aliphatic rings. The number of nitrogens with one attached hydrogen (secondary N) is 1. The molecule has 94 valence electrons. The van der Waals surface area contributed by atoms with Gasteiger partial charge in [-0.15, -0.1) is 0 Å². The molecule has 0 spiro atoms. The summed E-state index contributed by atoms with van der Waals surface area (Å²) in [5.41, 5.74) is 0. The first-order chi connectivity index (χ1) is 7.99. The fourth-order valence-electron chi connectivity index (χ4n) is 1.43. The van der Waals surface area contributed by atoms with E-state index in [-0.39, 0.29) is 23.6 Å². The molecule has 17 heavy (non-hydrogen) atoms. The van der Waals surface area contributed by atoms with Gasteiger partial charge in [0, 0.05) is 12.1 Å². The fourth-order valence-corrected chi connectivity index (χ4v) is 2.71. The van der Waals surface area contributed by atoms with Crippen LogP contribution < -0.4 is 14.8 Å². The summed E-state index contributed by atoms with van der Waals surface area (Å²) in [7, 11) is -3.32. The summed E-state index contributed by atoms with van der Waals surface area (Å²) < 4.78 is 34.2. The Balaban J connectivity index is 2.22. The zero-order chi connectivity index (χ0) is 12.5. The summed E-state index contributed by atoms with van der Waals surface area (Å²) in [6, 6.07) is 4.77. The topological polar surface area (TPSA) is 64.6 Å². The number of hydrogen-bond acceptors (Lipinski definition) is 5. The van der Waals surface area contributed by atoms with Gasteiger partial charge in [0.2, 0.25) is 6.79 Å². The van der Waals surface area contributed by atoms with Crippen molar-refractivity contribution in [2.24, 2.45) is 0 Å². The molecular weight excluding hydrogens is 242 g/mol. The molecule has 0 saturated heterocycles. The first-order valence-electron chi connectivity index (χ1n) is 5.35. The van der Waals surface area contributed by atoms with Gasteiger partial charge in [-0.3, -0.25) is 0 Å². The van der Waals surface area contributed by atoms with Crippen LogP contribution in [0.5, 0.6) is 11.5 Å². The van der Waals surface area contributed by atoms with Crippen molar-refractivity contribution in [1.29, 1.82) is 0 Å². The lowest BCUT2D eigenvalue weighted by Crippen LogP contribution is -2.29. The summed E-state index contributed by atoms with van der Waals surface area (Å²) in [4.78, 5) is 0.245. The van der Waals surface area contributed by atoms with Crippen molar-refractivity contribution >= 4 is 9.84 Å². The van der Waals surface area contributed by atoms with Gasteiger partial charge in [0.1, 0.15) is 5.88 Å². The van der Waals surface area contributed by atoms with Crippen LogP contribution in [0, 0.1) is 0 Å². The largest absolute Gasteiger partial charge is 0.454 e. The van der Waals surface area contributed by atoms with Crippen molar-refractivity contribution in [3.63, 3.8) is 0 Å². The molecule has 0 aromatic heterocycles. The van der Waals surface area contributed by atoms with Crippen LogP contribution in [0.2, 0.25) is 0 Å². The number of sulfone groups is 1. The number of rotatable bonds is 4. The first kappa shape index (κ1) is 12.2. The molecule has 0 unspecified atom stereocenters. The number of ether oxygens (including phenoxy) is 2. The van der Waals surface area contributed by atoms with Crippen LogP contribution in [-0.2, 0) is 9.84 Å². The van der Waals surface area contributed by atoms with Crippen LogP contribution in [-0.4, -0.2) is 27.1 Å². The molecule has 0 bridgehead atoms. The molecule has 6 heteroatoms. The molecule has 0 atom stereocenters. The van der Waals surface area contributed by atoms with Gasteiger partial charge < -0.3 is 14.8 Å². The highest BCUT2D eigenvalue weighted by atomic mass is 32.2. The summed E-state index contributed by atoms with van der Waals surface area (Å²) >= 11 is 0. The maximum absolute atomic E-state index is 12.0. The Bertz CT molecular complexity index is 510. The van der Waals surface area contributed by atoms with E-state index in [2.05, 4.69) is 5.32 Å². The number of fused-ring (bicyclic) bond motifs is 1. The normalized spacial score (nSPS) is 14.3. The van der Waals surface area contributed by atoms with E-state index in [4.69, 9.17) is 9.47 Å². The second-order valence-corrected chi connectivity index (χ2v) is 6.12. The third-order valence-electron chi connectivity index (χ3n) is 2.38. The highest BCUT2D eigenvalue weighted by Crippen LogP contribution is 2.33. The van der Waals surface area contributed by atoms with Gasteiger partial charge in [0.05, 0.1) is 4.90 Å². The van der Waals surface area contributed by atoms with Crippen LogP contribution in [0.4, 0.5) is 0 Å². The molecule has 1 heterocycles. The highest BCUT2D eigenvalue weighted by molar-refractivity contribution is 7.91. The molecule has 1 aromatic rings. The van der Waals surface area contributed by atoms with E-state index in [9.17, 15) is 8.42 Å². The zero-order valence-corrected chi connectivity index (χ0v) is 10.6. The lowest BCUT2D eigenvalue weighted by molar-refractivity contribution is 0.174. The van der Waals surface area contributed by atoms with E-state index in [1.165, 1.54) is 12.1 Å². The smallest absolute Gasteiger partial charge is 0.231 e. The Kier molecular flexibility index (Phi) is 3.26. The molecule has 0 amide bonds. The van der Waals surface area contributed by atoms with Crippen molar-refractivity contribution in [2.45, 2.75) is 24.8 Å². The van der Waals surface area contributed by atoms with Crippen molar-refractivity contribution in [1.82, 2.24) is 5.32 Å². The standard InChI is InChI=1S/C11H15NO4S/c1-8(2)12-6-17(13,14)9-3-4-10-11(5-9)16-7-15-10/h3-5,8,12H,6-7H2,1-2H3. The predicted molar refractivity (Wildman–Crippen MR) is 62.9 cm³/mol. The second-order valence-electron chi connectivity index (χ2n) is 4.13. The molecule has 1 N–H and O–H groups in total. The third kappa shape index (κ3) is 2.70. The van der Waals surface area contributed by atoms with Gasteiger partial charge in [0.15, 0.2) is 21.3 Å². The Hall–Kier alpha value is -1.27. The van der Waals surface area contributed by atoms with E-state index < -0.39 is 9.84 Å². The van der Waals surface area contributed by atoms with Crippen LogP contribution in [0.25, 0.3) is 0 Å². The maximum Gasteiger partial charge on any atom is 0.231 e. The van der Waals surface area contributed by atoms with Gasteiger partial charge in [-0.2, -0.15) is 0 Å². The monoisotopic (exact) mass is 257 g/mol. The molecule has 0 radical (unpaired) electrons. The quantitative estimate of drug-likeness (QED) is 0.876. The van der Waals surface area contributed by atoms with Crippen LogP contribution in [0.1, 0.15) is 13.8 Å². The Labute approximate surface area is 101 Å². The minimum atomic E-state index is -3.32. The molecule has 2 rings (SSSR count).